The van der Waals surface area contributed by atoms with E-state index in [-0.39, 0.29) is 11.9 Å². The summed E-state index contributed by atoms with van der Waals surface area (Å²) in [6, 6.07) is 7.95. The number of aryl methyl sites for hydroxylation is 2. The quantitative estimate of drug-likeness (QED) is 0.946. The van der Waals surface area contributed by atoms with Gasteiger partial charge >= 0.3 is 0 Å². The summed E-state index contributed by atoms with van der Waals surface area (Å²) in [4.78, 5) is 12.6. The summed E-state index contributed by atoms with van der Waals surface area (Å²) < 4.78 is 10.7. The van der Waals surface area contributed by atoms with Crippen molar-refractivity contribution in [1.82, 2.24) is 10.5 Å². The summed E-state index contributed by atoms with van der Waals surface area (Å²) >= 11 is 0. The van der Waals surface area contributed by atoms with Crippen molar-refractivity contribution >= 4 is 5.91 Å². The van der Waals surface area contributed by atoms with Crippen LogP contribution < -0.4 is 5.32 Å². The van der Waals surface area contributed by atoms with E-state index >= 15 is 0 Å². The fourth-order valence-electron chi connectivity index (χ4n) is 2.74. The zero-order valence-electron chi connectivity index (χ0n) is 12.9. The Labute approximate surface area is 129 Å². The lowest BCUT2D eigenvalue weighted by molar-refractivity contribution is 0.0623. The molecule has 1 amide bonds. The molecule has 1 aliphatic rings. The number of carbonyl (C=O) groups is 1. The molecule has 3 rings (SSSR count). The predicted molar refractivity (Wildman–Crippen MR) is 82.7 cm³/mol. The highest BCUT2D eigenvalue weighted by Crippen LogP contribution is 2.26. The molecule has 5 nitrogen and oxygen atoms in total. The SMILES string of the molecule is Cc1cccc(-c2noc(C)c2C(=O)N[C@H]2CCCOC2)c1. The molecule has 1 N–H and O–H groups in total. The molecule has 1 aliphatic heterocycles. The third-order valence-corrected chi connectivity index (χ3v) is 3.88. The Hall–Kier alpha value is -2.14. The van der Waals surface area contributed by atoms with Crippen LogP contribution in [0.2, 0.25) is 0 Å². The fraction of sp³-hybridized carbons (Fsp3) is 0.412. The van der Waals surface area contributed by atoms with Crippen molar-refractivity contribution in [1.29, 1.82) is 0 Å². The Morgan fingerprint density at radius 3 is 2.95 bits per heavy atom. The van der Waals surface area contributed by atoms with Crippen LogP contribution in [0.5, 0.6) is 0 Å². The maximum atomic E-state index is 12.6. The van der Waals surface area contributed by atoms with Crippen molar-refractivity contribution < 1.29 is 14.1 Å². The first kappa shape index (κ1) is 14.8. The highest BCUT2D eigenvalue weighted by Gasteiger charge is 2.24. The van der Waals surface area contributed by atoms with Gasteiger partial charge in [0.15, 0.2) is 0 Å². The number of benzene rings is 1. The smallest absolute Gasteiger partial charge is 0.257 e. The molecule has 0 saturated carbocycles. The Morgan fingerprint density at radius 1 is 1.36 bits per heavy atom. The van der Waals surface area contributed by atoms with Crippen molar-refractivity contribution in [2.24, 2.45) is 0 Å². The third kappa shape index (κ3) is 3.04. The molecule has 0 aliphatic carbocycles. The van der Waals surface area contributed by atoms with E-state index in [1.807, 2.05) is 31.2 Å². The molecule has 1 fully saturated rings. The van der Waals surface area contributed by atoms with E-state index < -0.39 is 0 Å². The topological polar surface area (TPSA) is 64.4 Å². The summed E-state index contributed by atoms with van der Waals surface area (Å²) in [6.45, 7) is 5.11. The second-order valence-electron chi connectivity index (χ2n) is 5.72. The number of hydrogen-bond acceptors (Lipinski definition) is 4. The third-order valence-electron chi connectivity index (χ3n) is 3.88. The van der Waals surface area contributed by atoms with E-state index in [1.54, 1.807) is 6.92 Å². The van der Waals surface area contributed by atoms with Gasteiger partial charge in [-0.1, -0.05) is 28.9 Å². The molecular weight excluding hydrogens is 280 g/mol. The van der Waals surface area contributed by atoms with Gasteiger partial charge in [-0.15, -0.1) is 0 Å². The summed E-state index contributed by atoms with van der Waals surface area (Å²) in [7, 11) is 0. The second-order valence-corrected chi connectivity index (χ2v) is 5.72. The minimum atomic E-state index is -0.147. The Balaban J connectivity index is 1.87. The van der Waals surface area contributed by atoms with Crippen LogP contribution in [0.25, 0.3) is 11.3 Å². The van der Waals surface area contributed by atoms with E-state index in [9.17, 15) is 4.79 Å². The van der Waals surface area contributed by atoms with Crippen LogP contribution >= 0.6 is 0 Å². The van der Waals surface area contributed by atoms with Crippen molar-refractivity contribution in [3.63, 3.8) is 0 Å². The number of rotatable bonds is 3. The largest absolute Gasteiger partial charge is 0.379 e. The van der Waals surface area contributed by atoms with Gasteiger partial charge < -0.3 is 14.6 Å². The lowest BCUT2D eigenvalue weighted by Gasteiger charge is -2.23. The molecule has 1 atom stereocenters. The Bertz CT molecular complexity index is 672. The molecule has 2 heterocycles. The first-order chi connectivity index (χ1) is 10.6. The molecule has 0 unspecified atom stereocenters. The summed E-state index contributed by atoms with van der Waals surface area (Å²) in [5, 5.41) is 7.10. The van der Waals surface area contributed by atoms with Crippen molar-refractivity contribution in [2.45, 2.75) is 32.7 Å². The summed E-state index contributed by atoms with van der Waals surface area (Å²) in [5.41, 5.74) is 3.11. The minimum absolute atomic E-state index is 0.0564. The van der Waals surface area contributed by atoms with Crippen LogP contribution in [0, 0.1) is 13.8 Å². The maximum Gasteiger partial charge on any atom is 0.257 e. The predicted octanol–water partition coefficient (Wildman–Crippen LogP) is 2.87. The highest BCUT2D eigenvalue weighted by atomic mass is 16.5. The van der Waals surface area contributed by atoms with Gasteiger partial charge in [0.2, 0.25) is 0 Å². The number of hydrogen-bond donors (Lipinski definition) is 1. The lowest BCUT2D eigenvalue weighted by Crippen LogP contribution is -2.40. The van der Waals surface area contributed by atoms with Gasteiger partial charge in [-0.3, -0.25) is 4.79 Å². The van der Waals surface area contributed by atoms with Gasteiger partial charge in [-0.2, -0.15) is 0 Å². The molecule has 1 aromatic carbocycles. The number of ether oxygens (including phenoxy) is 1. The number of nitrogens with one attached hydrogen (secondary N) is 1. The zero-order valence-corrected chi connectivity index (χ0v) is 12.9. The van der Waals surface area contributed by atoms with Crippen LogP contribution in [0.15, 0.2) is 28.8 Å². The molecule has 0 spiro atoms. The number of amides is 1. The molecular formula is C17H20N2O3. The fourth-order valence-corrected chi connectivity index (χ4v) is 2.74. The van der Waals surface area contributed by atoms with Crippen LogP contribution in [0.4, 0.5) is 0 Å². The van der Waals surface area contributed by atoms with Crippen LogP contribution in [0.3, 0.4) is 0 Å². The molecule has 5 heteroatoms. The summed E-state index contributed by atoms with van der Waals surface area (Å²) in [5.74, 6) is 0.386. The van der Waals surface area contributed by atoms with Gasteiger partial charge in [-0.05, 0) is 32.8 Å². The number of nitrogens with zero attached hydrogens (tertiary/aromatic N) is 1. The standard InChI is InChI=1S/C17H20N2O3/c1-11-5-3-6-13(9-11)16-15(12(2)22-19-16)17(20)18-14-7-4-8-21-10-14/h3,5-6,9,14H,4,7-8,10H2,1-2H3,(H,18,20)/t14-/m0/s1. The van der Waals surface area contributed by atoms with E-state index in [4.69, 9.17) is 9.26 Å². The molecule has 1 saturated heterocycles. The molecule has 0 radical (unpaired) electrons. The van der Waals surface area contributed by atoms with E-state index in [0.717, 1.165) is 30.6 Å². The van der Waals surface area contributed by atoms with Crippen molar-refractivity contribution in [3.8, 4) is 11.3 Å². The van der Waals surface area contributed by atoms with Gasteiger partial charge in [0.1, 0.15) is 17.0 Å². The van der Waals surface area contributed by atoms with Crippen LogP contribution in [-0.4, -0.2) is 30.3 Å². The van der Waals surface area contributed by atoms with Crippen molar-refractivity contribution in [3.05, 3.63) is 41.2 Å². The van der Waals surface area contributed by atoms with Gasteiger partial charge in [-0.25, -0.2) is 0 Å². The minimum Gasteiger partial charge on any atom is -0.379 e. The van der Waals surface area contributed by atoms with Crippen molar-refractivity contribution in [2.75, 3.05) is 13.2 Å². The van der Waals surface area contributed by atoms with E-state index in [1.165, 1.54) is 0 Å². The monoisotopic (exact) mass is 300 g/mol. The van der Waals surface area contributed by atoms with Gasteiger partial charge in [0, 0.05) is 12.2 Å². The first-order valence-electron chi connectivity index (χ1n) is 7.57. The van der Waals surface area contributed by atoms with Crippen LogP contribution in [-0.2, 0) is 4.74 Å². The van der Waals surface area contributed by atoms with Crippen LogP contribution in [0.1, 0.15) is 34.5 Å². The normalized spacial score (nSPS) is 18.2. The zero-order chi connectivity index (χ0) is 15.5. The molecule has 0 bridgehead atoms. The highest BCUT2D eigenvalue weighted by molar-refractivity contribution is 6.00. The lowest BCUT2D eigenvalue weighted by atomic mass is 10.0. The molecule has 2 aromatic rings. The average molecular weight is 300 g/mol. The Morgan fingerprint density at radius 2 is 2.23 bits per heavy atom. The molecule has 116 valence electrons. The molecule has 1 aromatic heterocycles. The van der Waals surface area contributed by atoms with E-state index in [2.05, 4.69) is 10.5 Å². The van der Waals surface area contributed by atoms with E-state index in [0.29, 0.717) is 23.6 Å². The van der Waals surface area contributed by atoms with Gasteiger partial charge in [0.05, 0.1) is 12.6 Å². The maximum absolute atomic E-state index is 12.6. The average Bonchev–Trinajstić information content (AvgIpc) is 2.90. The first-order valence-corrected chi connectivity index (χ1v) is 7.57. The second kappa shape index (κ2) is 6.32. The summed E-state index contributed by atoms with van der Waals surface area (Å²) in [6.07, 6.45) is 1.91. The number of carbonyl (C=O) groups excluding carboxylic acids is 1. The Kier molecular flexibility index (Phi) is 4.24. The van der Waals surface area contributed by atoms with Gasteiger partial charge in [0.25, 0.3) is 5.91 Å². The molecule has 22 heavy (non-hydrogen) atoms. The number of aromatic nitrogens is 1.